The number of hydrogen-bond acceptors (Lipinski definition) is 3. The summed E-state index contributed by atoms with van der Waals surface area (Å²) >= 11 is 0. The van der Waals surface area contributed by atoms with Crippen LogP contribution in [0.1, 0.15) is 10.4 Å². The highest BCUT2D eigenvalue weighted by Crippen LogP contribution is 2.17. The Kier molecular flexibility index (Phi) is 5.93. The number of carbonyl (C=O) groups excluding carboxylic acids is 2. The Hall–Kier alpha value is -3.10. The van der Waals surface area contributed by atoms with Crippen molar-refractivity contribution in [1.82, 2.24) is 5.32 Å². The number of rotatable bonds is 6. The zero-order valence-electron chi connectivity index (χ0n) is 12.6. The predicted molar refractivity (Wildman–Crippen MR) is 80.4 cm³/mol. The molecule has 0 bridgehead atoms. The minimum absolute atomic E-state index is 0.0758. The molecule has 5 nitrogen and oxygen atoms in total. The van der Waals surface area contributed by atoms with E-state index in [1.165, 1.54) is 24.3 Å². The summed E-state index contributed by atoms with van der Waals surface area (Å²) in [5, 5.41) is 4.58. The number of carbonyl (C=O) groups is 2. The molecule has 132 valence electrons. The molecule has 0 atom stereocenters. The molecule has 9 heteroatoms. The fourth-order valence-corrected chi connectivity index (χ4v) is 1.85. The Morgan fingerprint density at radius 1 is 1.04 bits per heavy atom. The van der Waals surface area contributed by atoms with Crippen molar-refractivity contribution < 1.29 is 31.9 Å². The summed E-state index contributed by atoms with van der Waals surface area (Å²) in [4.78, 5) is 23.5. The summed E-state index contributed by atoms with van der Waals surface area (Å²) in [7, 11) is 0. The first-order valence-electron chi connectivity index (χ1n) is 6.93. The van der Waals surface area contributed by atoms with Crippen LogP contribution in [0, 0.1) is 11.6 Å². The molecule has 25 heavy (non-hydrogen) atoms. The van der Waals surface area contributed by atoms with Crippen molar-refractivity contribution in [1.29, 1.82) is 0 Å². The van der Waals surface area contributed by atoms with Crippen molar-refractivity contribution in [2.45, 2.75) is 6.61 Å². The van der Waals surface area contributed by atoms with E-state index in [2.05, 4.69) is 15.4 Å². The first-order chi connectivity index (χ1) is 11.8. The van der Waals surface area contributed by atoms with Gasteiger partial charge in [0, 0.05) is 11.8 Å². The number of alkyl halides is 2. The highest BCUT2D eigenvalue weighted by Gasteiger charge is 2.13. The smallest absolute Gasteiger partial charge is 0.387 e. The number of anilines is 1. The maximum absolute atomic E-state index is 13.4. The van der Waals surface area contributed by atoms with Gasteiger partial charge in [-0.15, -0.1) is 0 Å². The van der Waals surface area contributed by atoms with Gasteiger partial charge in [-0.2, -0.15) is 8.78 Å². The lowest BCUT2D eigenvalue weighted by Gasteiger charge is -2.09. The molecule has 0 aliphatic rings. The molecule has 2 amide bonds. The minimum Gasteiger partial charge on any atom is -0.435 e. The van der Waals surface area contributed by atoms with Gasteiger partial charge in [0.2, 0.25) is 5.91 Å². The first-order valence-corrected chi connectivity index (χ1v) is 6.93. The van der Waals surface area contributed by atoms with Crippen LogP contribution in [-0.4, -0.2) is 25.0 Å². The monoisotopic (exact) mass is 356 g/mol. The zero-order chi connectivity index (χ0) is 18.4. The highest BCUT2D eigenvalue weighted by molar-refractivity contribution is 5.99. The number of halogens is 4. The van der Waals surface area contributed by atoms with Gasteiger partial charge >= 0.3 is 6.61 Å². The topological polar surface area (TPSA) is 67.4 Å². The molecular formula is C16H12F4N2O3. The molecule has 0 saturated heterocycles. The summed E-state index contributed by atoms with van der Waals surface area (Å²) in [6, 6.07) is 7.55. The lowest BCUT2D eigenvalue weighted by Crippen LogP contribution is -2.33. The number of benzene rings is 2. The largest absolute Gasteiger partial charge is 0.435 e. The summed E-state index contributed by atoms with van der Waals surface area (Å²) in [6.45, 7) is -3.42. The second kappa shape index (κ2) is 8.13. The van der Waals surface area contributed by atoms with Gasteiger partial charge in [-0.25, -0.2) is 8.78 Å². The van der Waals surface area contributed by atoms with Crippen molar-refractivity contribution in [2.75, 3.05) is 11.9 Å². The minimum atomic E-state index is -2.96. The summed E-state index contributed by atoms with van der Waals surface area (Å²) < 4.78 is 54.4. The lowest BCUT2D eigenvalue weighted by molar-refractivity contribution is -0.115. The van der Waals surface area contributed by atoms with E-state index in [0.29, 0.717) is 6.07 Å². The van der Waals surface area contributed by atoms with Crippen molar-refractivity contribution in [3.8, 4) is 5.75 Å². The summed E-state index contributed by atoms with van der Waals surface area (Å²) in [5.41, 5.74) is -0.114. The average molecular weight is 356 g/mol. The first kappa shape index (κ1) is 18.2. The highest BCUT2D eigenvalue weighted by atomic mass is 19.3. The second-order valence-corrected chi connectivity index (χ2v) is 4.76. The van der Waals surface area contributed by atoms with E-state index in [1.54, 1.807) is 0 Å². The summed E-state index contributed by atoms with van der Waals surface area (Å²) in [5.74, 6) is -3.46. The van der Waals surface area contributed by atoms with E-state index in [4.69, 9.17) is 0 Å². The van der Waals surface area contributed by atoms with E-state index < -0.39 is 42.2 Å². The normalized spacial score (nSPS) is 10.4. The van der Waals surface area contributed by atoms with Crippen LogP contribution in [-0.2, 0) is 4.79 Å². The molecule has 0 aliphatic carbocycles. The third kappa shape index (κ3) is 5.48. The number of hydrogen-bond donors (Lipinski definition) is 2. The predicted octanol–water partition coefficient (Wildman–Crippen LogP) is 2.93. The maximum Gasteiger partial charge on any atom is 0.387 e. The molecule has 0 fully saturated rings. The Bertz CT molecular complexity index is 766. The van der Waals surface area contributed by atoms with E-state index >= 15 is 0 Å². The SMILES string of the molecule is O=C(CNC(=O)c1ccc(F)cc1F)Nc1ccc(OC(F)F)cc1. The van der Waals surface area contributed by atoms with Gasteiger partial charge in [-0.05, 0) is 36.4 Å². The molecule has 0 heterocycles. The van der Waals surface area contributed by atoms with E-state index in [1.807, 2.05) is 0 Å². The molecule has 2 N–H and O–H groups in total. The van der Waals surface area contributed by atoms with Gasteiger partial charge < -0.3 is 15.4 Å². The Balaban J connectivity index is 1.86. The quantitative estimate of drug-likeness (QED) is 0.782. The van der Waals surface area contributed by atoms with E-state index in [9.17, 15) is 27.2 Å². The third-order valence-electron chi connectivity index (χ3n) is 2.95. The zero-order valence-corrected chi connectivity index (χ0v) is 12.6. The standard InChI is InChI=1S/C16H12F4N2O3/c17-9-1-6-12(13(18)7-9)15(24)21-8-14(23)22-10-2-4-11(5-3-10)25-16(19)20/h1-7,16H,8H2,(H,21,24)(H,22,23). The van der Waals surface area contributed by atoms with Crippen molar-refractivity contribution in [2.24, 2.45) is 0 Å². The third-order valence-corrected chi connectivity index (χ3v) is 2.95. The van der Waals surface area contributed by atoms with Crippen LogP contribution in [0.5, 0.6) is 5.75 Å². The van der Waals surface area contributed by atoms with Gasteiger partial charge in [0.05, 0.1) is 12.1 Å². The van der Waals surface area contributed by atoms with Crippen LogP contribution in [0.3, 0.4) is 0 Å². The molecule has 0 aliphatic heterocycles. The molecule has 0 radical (unpaired) electrons. The lowest BCUT2D eigenvalue weighted by atomic mass is 10.2. The number of ether oxygens (including phenoxy) is 1. The fourth-order valence-electron chi connectivity index (χ4n) is 1.85. The molecule has 2 aromatic carbocycles. The second-order valence-electron chi connectivity index (χ2n) is 4.76. The molecule has 0 unspecified atom stereocenters. The Morgan fingerprint density at radius 3 is 2.32 bits per heavy atom. The number of nitrogens with one attached hydrogen (secondary N) is 2. The fraction of sp³-hybridized carbons (Fsp3) is 0.125. The molecule has 0 saturated carbocycles. The van der Waals surface area contributed by atoms with Crippen molar-refractivity contribution in [3.05, 3.63) is 59.7 Å². The maximum atomic E-state index is 13.4. The Labute approximate surface area is 139 Å². The van der Waals surface area contributed by atoms with Gasteiger partial charge in [0.1, 0.15) is 17.4 Å². The van der Waals surface area contributed by atoms with Crippen molar-refractivity contribution in [3.63, 3.8) is 0 Å². The Morgan fingerprint density at radius 2 is 1.72 bits per heavy atom. The van der Waals surface area contributed by atoms with Gasteiger partial charge in [0.25, 0.3) is 5.91 Å². The average Bonchev–Trinajstić information content (AvgIpc) is 2.54. The van der Waals surface area contributed by atoms with Crippen LogP contribution in [0.2, 0.25) is 0 Å². The van der Waals surface area contributed by atoms with Crippen LogP contribution >= 0.6 is 0 Å². The van der Waals surface area contributed by atoms with Crippen molar-refractivity contribution >= 4 is 17.5 Å². The molecule has 0 aromatic heterocycles. The van der Waals surface area contributed by atoms with E-state index in [-0.39, 0.29) is 11.4 Å². The number of amides is 2. The van der Waals surface area contributed by atoms with Gasteiger partial charge in [-0.1, -0.05) is 0 Å². The van der Waals surface area contributed by atoms with Crippen LogP contribution in [0.4, 0.5) is 23.2 Å². The van der Waals surface area contributed by atoms with Gasteiger partial charge in [-0.3, -0.25) is 9.59 Å². The van der Waals surface area contributed by atoms with Gasteiger partial charge in [0.15, 0.2) is 0 Å². The molecule has 2 rings (SSSR count). The van der Waals surface area contributed by atoms with Crippen LogP contribution in [0.25, 0.3) is 0 Å². The van der Waals surface area contributed by atoms with Crippen LogP contribution < -0.4 is 15.4 Å². The van der Waals surface area contributed by atoms with E-state index in [0.717, 1.165) is 12.1 Å². The molecular weight excluding hydrogens is 344 g/mol. The van der Waals surface area contributed by atoms with Crippen LogP contribution in [0.15, 0.2) is 42.5 Å². The summed E-state index contributed by atoms with van der Waals surface area (Å²) in [6.07, 6.45) is 0. The molecule has 0 spiro atoms. The molecule has 2 aromatic rings.